The molecule has 15 heavy (non-hydrogen) atoms. The highest BCUT2D eigenvalue weighted by Gasteiger charge is 2.31. The molecule has 1 atom stereocenters. The topological polar surface area (TPSA) is 98.1 Å². The van der Waals surface area contributed by atoms with E-state index in [4.69, 9.17) is 11.5 Å². The first-order valence-electron chi connectivity index (χ1n) is 4.79. The minimum Gasteiger partial charge on any atom is -0.381 e. The van der Waals surface area contributed by atoms with E-state index >= 15 is 0 Å². The first-order valence-corrected chi connectivity index (χ1v) is 4.79. The summed E-state index contributed by atoms with van der Waals surface area (Å²) in [6.07, 6.45) is 3.49. The molecule has 1 unspecified atom stereocenters. The summed E-state index contributed by atoms with van der Waals surface area (Å²) < 4.78 is 0. The summed E-state index contributed by atoms with van der Waals surface area (Å²) >= 11 is 0. The number of nitrogens with zero attached hydrogens (tertiary/aromatic N) is 3. The Bertz CT molecular complexity index is 381. The highest BCUT2D eigenvalue weighted by atomic mass is 16.2. The van der Waals surface area contributed by atoms with Crippen LogP contribution < -0.4 is 16.4 Å². The molecular weight excluding hydrogens is 194 g/mol. The predicted octanol–water partition coefficient (Wildman–Crippen LogP) is -0.630. The second-order valence-electron chi connectivity index (χ2n) is 3.58. The van der Waals surface area contributed by atoms with Crippen molar-refractivity contribution >= 4 is 17.5 Å². The molecule has 4 N–H and O–H groups in total. The zero-order chi connectivity index (χ0) is 10.8. The maximum atomic E-state index is 11.6. The average molecular weight is 207 g/mol. The minimum absolute atomic E-state index is 0.0117. The van der Waals surface area contributed by atoms with Crippen molar-refractivity contribution in [3.8, 4) is 0 Å². The fraction of sp³-hybridized carbons (Fsp3) is 0.444. The largest absolute Gasteiger partial charge is 0.381 e. The van der Waals surface area contributed by atoms with E-state index in [1.165, 1.54) is 12.4 Å². The van der Waals surface area contributed by atoms with E-state index in [-0.39, 0.29) is 17.6 Å². The summed E-state index contributed by atoms with van der Waals surface area (Å²) in [6.45, 7) is 1.08. The fourth-order valence-electron chi connectivity index (χ4n) is 1.69. The number of nitrogens with two attached hydrogens (primary N) is 2. The van der Waals surface area contributed by atoms with E-state index in [9.17, 15) is 4.79 Å². The Labute approximate surface area is 87.3 Å². The van der Waals surface area contributed by atoms with Gasteiger partial charge in [0.1, 0.15) is 0 Å². The third kappa shape index (κ3) is 1.75. The van der Waals surface area contributed by atoms with Gasteiger partial charge < -0.3 is 11.5 Å². The van der Waals surface area contributed by atoms with Crippen LogP contribution in [0.5, 0.6) is 0 Å². The zero-order valence-corrected chi connectivity index (χ0v) is 8.26. The molecule has 1 aromatic rings. The van der Waals surface area contributed by atoms with E-state index in [2.05, 4.69) is 9.97 Å². The van der Waals surface area contributed by atoms with Crippen molar-refractivity contribution in [2.24, 2.45) is 11.7 Å². The molecule has 1 amide bonds. The Morgan fingerprint density at radius 3 is 2.80 bits per heavy atom. The minimum atomic E-state index is 0.0117. The quantitative estimate of drug-likeness (QED) is 0.672. The summed E-state index contributed by atoms with van der Waals surface area (Å²) in [4.78, 5) is 21.2. The Morgan fingerprint density at radius 1 is 1.47 bits per heavy atom. The number of aromatic nitrogens is 2. The van der Waals surface area contributed by atoms with Gasteiger partial charge in [-0.15, -0.1) is 0 Å². The molecule has 1 fully saturated rings. The van der Waals surface area contributed by atoms with E-state index in [1.54, 1.807) is 4.90 Å². The highest BCUT2D eigenvalue weighted by molar-refractivity contribution is 5.96. The number of anilines is 2. The van der Waals surface area contributed by atoms with Gasteiger partial charge in [-0.05, 0) is 12.5 Å². The lowest BCUT2D eigenvalue weighted by atomic mass is 10.1. The van der Waals surface area contributed by atoms with Gasteiger partial charge in [0, 0.05) is 25.4 Å². The maximum Gasteiger partial charge on any atom is 0.228 e. The van der Waals surface area contributed by atoms with Gasteiger partial charge in [0.25, 0.3) is 0 Å². The van der Waals surface area contributed by atoms with Crippen LogP contribution in [0.25, 0.3) is 0 Å². The van der Waals surface area contributed by atoms with Crippen molar-refractivity contribution < 1.29 is 4.79 Å². The Hall–Kier alpha value is -1.69. The van der Waals surface area contributed by atoms with Gasteiger partial charge in [-0.25, -0.2) is 9.97 Å². The highest BCUT2D eigenvalue weighted by Crippen LogP contribution is 2.25. The van der Waals surface area contributed by atoms with E-state index in [1.807, 2.05) is 0 Å². The van der Waals surface area contributed by atoms with Gasteiger partial charge in [-0.2, -0.15) is 0 Å². The van der Waals surface area contributed by atoms with Crippen molar-refractivity contribution in [3.05, 3.63) is 12.4 Å². The van der Waals surface area contributed by atoms with Crippen LogP contribution in [0, 0.1) is 5.92 Å². The van der Waals surface area contributed by atoms with E-state index in [0.29, 0.717) is 25.3 Å². The number of amides is 1. The molecule has 1 aliphatic heterocycles. The van der Waals surface area contributed by atoms with Crippen LogP contribution in [0.1, 0.15) is 6.42 Å². The second-order valence-corrected chi connectivity index (χ2v) is 3.58. The molecule has 1 saturated heterocycles. The molecule has 80 valence electrons. The molecule has 6 heteroatoms. The number of hydrogen-bond acceptors (Lipinski definition) is 5. The molecule has 0 aliphatic carbocycles. The van der Waals surface area contributed by atoms with E-state index in [0.717, 1.165) is 0 Å². The predicted molar refractivity (Wildman–Crippen MR) is 56.0 cm³/mol. The molecule has 2 rings (SSSR count). The van der Waals surface area contributed by atoms with Crippen LogP contribution in [0.4, 0.5) is 11.6 Å². The number of carbonyl (C=O) groups excluding carboxylic acids is 1. The van der Waals surface area contributed by atoms with Crippen molar-refractivity contribution in [1.29, 1.82) is 0 Å². The van der Waals surface area contributed by atoms with Crippen molar-refractivity contribution in [3.63, 3.8) is 0 Å². The first-order chi connectivity index (χ1) is 7.22. The molecule has 0 bridgehead atoms. The molecule has 0 aromatic carbocycles. The van der Waals surface area contributed by atoms with Crippen LogP contribution in [0.15, 0.2) is 12.4 Å². The maximum absolute atomic E-state index is 11.6. The zero-order valence-electron chi connectivity index (χ0n) is 8.26. The summed E-state index contributed by atoms with van der Waals surface area (Å²) in [5.41, 5.74) is 11.2. The molecule has 0 spiro atoms. The smallest absolute Gasteiger partial charge is 0.228 e. The number of hydrogen-bond donors (Lipinski definition) is 2. The lowest BCUT2D eigenvalue weighted by Gasteiger charge is -2.15. The summed E-state index contributed by atoms with van der Waals surface area (Å²) in [5, 5.41) is 0. The lowest BCUT2D eigenvalue weighted by Crippen LogP contribution is -2.27. The number of carbonyl (C=O) groups is 1. The number of rotatable bonds is 2. The van der Waals surface area contributed by atoms with Crippen LogP contribution in [-0.2, 0) is 4.79 Å². The monoisotopic (exact) mass is 207 g/mol. The Kier molecular flexibility index (Phi) is 2.51. The molecule has 2 heterocycles. The van der Waals surface area contributed by atoms with Crippen LogP contribution >= 0.6 is 0 Å². The molecule has 1 aromatic heterocycles. The van der Waals surface area contributed by atoms with Gasteiger partial charge in [0.15, 0.2) is 11.6 Å². The molecular formula is C9H13N5O. The number of nitrogen functional groups attached to an aromatic ring is 1. The van der Waals surface area contributed by atoms with Crippen molar-refractivity contribution in [2.75, 3.05) is 23.7 Å². The Morgan fingerprint density at radius 2 is 2.20 bits per heavy atom. The summed E-state index contributed by atoms with van der Waals surface area (Å²) in [6, 6.07) is 0. The molecule has 6 nitrogen and oxygen atoms in total. The van der Waals surface area contributed by atoms with Crippen LogP contribution in [-0.4, -0.2) is 29.0 Å². The van der Waals surface area contributed by atoms with Gasteiger partial charge in [-0.1, -0.05) is 0 Å². The summed E-state index contributed by atoms with van der Waals surface area (Å²) in [7, 11) is 0. The lowest BCUT2D eigenvalue weighted by molar-refractivity contribution is -0.117. The fourth-order valence-corrected chi connectivity index (χ4v) is 1.69. The molecule has 0 saturated carbocycles. The van der Waals surface area contributed by atoms with Crippen LogP contribution in [0.3, 0.4) is 0 Å². The Balaban J connectivity index is 2.25. The normalized spacial score (nSPS) is 21.0. The third-order valence-electron chi connectivity index (χ3n) is 2.50. The first kappa shape index (κ1) is 9.85. The van der Waals surface area contributed by atoms with Gasteiger partial charge in [0.2, 0.25) is 5.91 Å². The van der Waals surface area contributed by atoms with Crippen molar-refractivity contribution in [2.45, 2.75) is 6.42 Å². The third-order valence-corrected chi connectivity index (χ3v) is 2.50. The molecule has 1 aliphatic rings. The van der Waals surface area contributed by atoms with Crippen LogP contribution in [0.2, 0.25) is 0 Å². The molecule has 0 radical (unpaired) electrons. The van der Waals surface area contributed by atoms with Crippen molar-refractivity contribution in [1.82, 2.24) is 9.97 Å². The van der Waals surface area contributed by atoms with Gasteiger partial charge in [0.05, 0.1) is 0 Å². The second kappa shape index (κ2) is 3.82. The van der Waals surface area contributed by atoms with Gasteiger partial charge in [-0.3, -0.25) is 9.69 Å². The standard InChI is InChI=1S/C9H13N5O/c10-4-6-3-7(15)14(5-6)9-8(11)12-1-2-13-9/h1-2,6H,3-5,10H2,(H2,11,12). The van der Waals surface area contributed by atoms with Gasteiger partial charge >= 0.3 is 0 Å². The summed E-state index contributed by atoms with van der Waals surface area (Å²) in [5.74, 6) is 0.929. The van der Waals surface area contributed by atoms with E-state index < -0.39 is 0 Å². The average Bonchev–Trinajstić information content (AvgIpc) is 2.60. The SMILES string of the molecule is NCC1CC(=O)N(c2nccnc2N)C1.